The second kappa shape index (κ2) is 43.8. The maximum absolute atomic E-state index is 14.1. The van der Waals surface area contributed by atoms with Gasteiger partial charge in [0.1, 0.15) is 92.1 Å². The second-order valence-corrected chi connectivity index (χ2v) is 24.3. The minimum atomic E-state index is -5.64. The van der Waals surface area contributed by atoms with Crippen molar-refractivity contribution in [2.45, 2.75) is 323 Å². The molecule has 488 valence electrons. The van der Waals surface area contributed by atoms with Gasteiger partial charge in [-0.3, -0.25) is 18.6 Å². The van der Waals surface area contributed by atoms with Gasteiger partial charge in [0.25, 0.3) is 0 Å². The number of rotatable bonds is 47. The third-order valence-electron chi connectivity index (χ3n) is 15.8. The molecule has 0 aromatic rings. The average Bonchev–Trinajstić information content (AvgIpc) is 3.45. The van der Waals surface area contributed by atoms with Crippen LogP contribution in [0.3, 0.4) is 0 Å². The lowest BCUT2D eigenvalue weighted by Crippen LogP contribution is -2.69. The molecular weight excluding hydrogens is 1110 g/mol. The molecule has 24 heteroatoms. The Morgan fingerprint density at radius 1 is 0.446 bits per heavy atom. The maximum atomic E-state index is 14.1. The zero-order valence-corrected chi connectivity index (χ0v) is 50.6. The summed E-state index contributed by atoms with van der Waals surface area (Å²) in [6.07, 6.45) is 3.14. The van der Waals surface area contributed by atoms with Gasteiger partial charge in [0.05, 0.1) is 19.8 Å². The first kappa shape index (κ1) is 75.4. The quantitative estimate of drug-likeness (QED) is 0.0155. The van der Waals surface area contributed by atoms with E-state index in [0.29, 0.717) is 12.8 Å². The fourth-order valence-electron chi connectivity index (χ4n) is 10.6. The van der Waals surface area contributed by atoms with Crippen molar-refractivity contribution in [2.75, 3.05) is 26.4 Å². The molecule has 1 saturated carbocycles. The van der Waals surface area contributed by atoms with Gasteiger partial charge >= 0.3 is 19.8 Å². The van der Waals surface area contributed by atoms with Crippen molar-refractivity contribution in [3.8, 4) is 0 Å². The molecule has 2 heterocycles. The highest BCUT2D eigenvalue weighted by Crippen LogP contribution is 2.49. The fourth-order valence-corrected chi connectivity index (χ4v) is 11.5. The molecule has 0 aromatic heterocycles. The van der Waals surface area contributed by atoms with Crippen molar-refractivity contribution in [2.24, 2.45) is 0 Å². The van der Waals surface area contributed by atoms with Gasteiger partial charge in [0, 0.05) is 12.8 Å². The number of ether oxygens (including phenoxy) is 6. The van der Waals surface area contributed by atoms with Gasteiger partial charge in [0.15, 0.2) is 18.7 Å². The van der Waals surface area contributed by atoms with Crippen LogP contribution in [0.2, 0.25) is 0 Å². The Balaban J connectivity index is 1.66. The highest BCUT2D eigenvalue weighted by Gasteiger charge is 2.58. The van der Waals surface area contributed by atoms with Gasteiger partial charge in [-0.05, 0) is 38.5 Å². The molecule has 12 N–H and O–H groups in total. The van der Waals surface area contributed by atoms with Gasteiger partial charge in [-0.2, -0.15) is 0 Å². The SMILES string of the molecule is CCCCCC/C=C\CCCCCCCCCC(=O)OCC(COP(=O)(O)OC1C(OC2OC(CO)C(O)C(O)C2O)C(O)C(O)C(O)C1OC1OC(CO)C(O)C(O)C1O)OC(=O)CCCCCCCCCCCCCCCCCCC. The van der Waals surface area contributed by atoms with E-state index in [9.17, 15) is 75.2 Å². The number of carbonyl (C=O) groups is 2. The summed E-state index contributed by atoms with van der Waals surface area (Å²) < 4.78 is 58.2. The van der Waals surface area contributed by atoms with Crippen molar-refractivity contribution >= 4 is 19.8 Å². The Bertz CT molecular complexity index is 1700. The first-order valence-electron chi connectivity index (χ1n) is 31.5. The number of esters is 2. The number of aliphatic hydroxyl groups is 11. The Labute approximate surface area is 493 Å². The van der Waals surface area contributed by atoms with Crippen LogP contribution in [0.4, 0.5) is 0 Å². The third-order valence-corrected chi connectivity index (χ3v) is 16.8. The summed E-state index contributed by atoms with van der Waals surface area (Å²) in [4.78, 5) is 37.6. The van der Waals surface area contributed by atoms with Gasteiger partial charge in [-0.15, -0.1) is 0 Å². The molecule has 0 amide bonds. The van der Waals surface area contributed by atoms with E-state index in [4.69, 9.17) is 37.5 Å². The zero-order valence-electron chi connectivity index (χ0n) is 49.7. The van der Waals surface area contributed by atoms with Crippen LogP contribution in [0.1, 0.15) is 219 Å². The molecular formula is C59H109O23P. The van der Waals surface area contributed by atoms with E-state index in [2.05, 4.69) is 26.0 Å². The number of aliphatic hydroxyl groups excluding tert-OH is 11. The largest absolute Gasteiger partial charge is 0.472 e. The summed E-state index contributed by atoms with van der Waals surface area (Å²) in [5.41, 5.74) is 0. The van der Waals surface area contributed by atoms with Crippen LogP contribution in [0.5, 0.6) is 0 Å². The lowest BCUT2D eigenvalue weighted by atomic mass is 9.84. The van der Waals surface area contributed by atoms with Gasteiger partial charge in [0.2, 0.25) is 0 Å². The van der Waals surface area contributed by atoms with Crippen LogP contribution in [-0.4, -0.2) is 204 Å². The predicted molar refractivity (Wildman–Crippen MR) is 305 cm³/mol. The number of hydrogen-bond donors (Lipinski definition) is 12. The van der Waals surface area contributed by atoms with Gasteiger partial charge in [-0.25, -0.2) is 4.57 Å². The number of phosphoric acid groups is 1. The molecule has 1 aliphatic carbocycles. The Kier molecular flexibility index (Phi) is 39.8. The van der Waals surface area contributed by atoms with E-state index in [-0.39, 0.29) is 12.8 Å². The summed E-state index contributed by atoms with van der Waals surface area (Å²) in [6.45, 7) is 1.03. The Morgan fingerprint density at radius 3 is 1.19 bits per heavy atom. The highest BCUT2D eigenvalue weighted by atomic mass is 31.2. The lowest BCUT2D eigenvalue weighted by Gasteiger charge is -2.49. The molecule has 0 bridgehead atoms. The molecule has 0 radical (unpaired) electrons. The normalized spacial score (nSPS) is 30.6. The number of carbonyl (C=O) groups excluding carboxylic acids is 2. The van der Waals surface area contributed by atoms with E-state index in [0.717, 1.165) is 83.5 Å². The molecule has 3 rings (SSSR count). The van der Waals surface area contributed by atoms with Crippen molar-refractivity contribution in [3.05, 3.63) is 12.2 Å². The lowest BCUT2D eigenvalue weighted by molar-refractivity contribution is -0.360. The van der Waals surface area contributed by atoms with Crippen LogP contribution >= 0.6 is 7.82 Å². The van der Waals surface area contributed by atoms with Gasteiger partial charge < -0.3 is 89.5 Å². The number of allylic oxidation sites excluding steroid dienone is 2. The van der Waals surface area contributed by atoms with E-state index in [1.54, 1.807) is 0 Å². The smallest absolute Gasteiger partial charge is 0.462 e. The summed E-state index contributed by atoms with van der Waals surface area (Å²) in [7, 11) is -5.64. The van der Waals surface area contributed by atoms with Crippen LogP contribution in [0.25, 0.3) is 0 Å². The van der Waals surface area contributed by atoms with Gasteiger partial charge in [-0.1, -0.05) is 180 Å². The molecule has 16 atom stereocenters. The summed E-state index contributed by atoms with van der Waals surface area (Å²) in [5.74, 6) is -1.33. The first-order valence-corrected chi connectivity index (χ1v) is 33.0. The Hall–Kier alpha value is -1.81. The molecule has 2 saturated heterocycles. The summed E-state index contributed by atoms with van der Waals surface area (Å²) in [5, 5.41) is 117. The Morgan fingerprint density at radius 2 is 0.795 bits per heavy atom. The van der Waals surface area contributed by atoms with E-state index >= 15 is 0 Å². The predicted octanol–water partition coefficient (Wildman–Crippen LogP) is 5.49. The highest BCUT2D eigenvalue weighted by molar-refractivity contribution is 7.47. The molecule has 2 aliphatic heterocycles. The maximum Gasteiger partial charge on any atom is 0.472 e. The standard InChI is InChI=1S/C59H109O23P/c1-3-5-7-9-11-13-15-17-19-20-22-24-26-28-30-32-34-36-45(63)77-41(39-75-44(62)35-33-31-29-27-25-23-21-18-16-14-12-10-8-6-4-2)40-76-83(73,74)82-57-55(80-58-53(71)48(66)46(64)42(37-60)78-58)51(69)50(68)52(70)56(57)81-59-54(72)49(67)47(65)43(38-61)79-59/h14,16,41-43,46-61,64-72H,3-13,15,17-40H2,1-2H3,(H,73,74)/b16-14-. The van der Waals surface area contributed by atoms with Crippen molar-refractivity contribution in [1.29, 1.82) is 0 Å². The van der Waals surface area contributed by atoms with Crippen molar-refractivity contribution in [3.63, 3.8) is 0 Å². The first-order chi connectivity index (χ1) is 39.9. The van der Waals surface area contributed by atoms with Crippen molar-refractivity contribution < 1.29 is 113 Å². The monoisotopic (exact) mass is 1220 g/mol. The summed E-state index contributed by atoms with van der Waals surface area (Å²) in [6, 6.07) is 0. The third kappa shape index (κ3) is 28.9. The summed E-state index contributed by atoms with van der Waals surface area (Å²) >= 11 is 0. The van der Waals surface area contributed by atoms with E-state index < -0.39 is 150 Å². The zero-order chi connectivity index (χ0) is 61.0. The molecule has 0 spiro atoms. The van der Waals surface area contributed by atoms with Crippen LogP contribution in [0.15, 0.2) is 12.2 Å². The topological polar surface area (TPSA) is 368 Å². The molecule has 23 nitrogen and oxygen atoms in total. The average molecular weight is 1220 g/mol. The second-order valence-electron chi connectivity index (χ2n) is 22.9. The molecule has 3 aliphatic rings. The fraction of sp³-hybridized carbons (Fsp3) is 0.932. The van der Waals surface area contributed by atoms with E-state index in [1.807, 2.05) is 0 Å². The van der Waals surface area contributed by atoms with Crippen LogP contribution in [-0.2, 0) is 51.6 Å². The van der Waals surface area contributed by atoms with Crippen molar-refractivity contribution in [1.82, 2.24) is 0 Å². The van der Waals surface area contributed by atoms with E-state index in [1.165, 1.54) is 96.3 Å². The molecule has 3 fully saturated rings. The number of hydrogen-bond acceptors (Lipinski definition) is 22. The molecule has 83 heavy (non-hydrogen) atoms. The van der Waals surface area contributed by atoms with Crippen LogP contribution in [0, 0.1) is 0 Å². The molecule has 0 aromatic carbocycles. The number of phosphoric ester groups is 1. The minimum Gasteiger partial charge on any atom is -0.462 e. The number of unbranched alkanes of at least 4 members (excludes halogenated alkanes) is 27. The minimum absolute atomic E-state index is 0.0275. The van der Waals surface area contributed by atoms with Crippen LogP contribution < -0.4 is 0 Å². The molecule has 16 unspecified atom stereocenters.